The van der Waals surface area contributed by atoms with Gasteiger partial charge < -0.3 is 14.5 Å². The molecule has 146 valence electrons. The quantitative estimate of drug-likeness (QED) is 0.702. The fraction of sp³-hybridized carbons (Fsp3) is 0.350. The highest BCUT2D eigenvalue weighted by Gasteiger charge is 2.19. The Bertz CT molecular complexity index is 912. The van der Waals surface area contributed by atoms with E-state index >= 15 is 0 Å². The van der Waals surface area contributed by atoms with Gasteiger partial charge in [-0.05, 0) is 25.1 Å². The molecule has 0 spiro atoms. The highest BCUT2D eigenvalue weighted by molar-refractivity contribution is 5.91. The Balaban J connectivity index is 1.51. The summed E-state index contributed by atoms with van der Waals surface area (Å²) < 4.78 is 12.2. The number of aromatic nitrogens is 3. The van der Waals surface area contributed by atoms with Crippen molar-refractivity contribution in [3.63, 3.8) is 0 Å². The molecule has 1 aromatic carbocycles. The fourth-order valence-corrected chi connectivity index (χ4v) is 3.08. The molecule has 1 saturated heterocycles. The van der Waals surface area contributed by atoms with Crippen molar-refractivity contribution in [2.75, 3.05) is 39.4 Å². The molecule has 1 aliphatic heterocycles. The van der Waals surface area contributed by atoms with E-state index in [2.05, 4.69) is 20.3 Å². The van der Waals surface area contributed by atoms with Crippen molar-refractivity contribution in [1.82, 2.24) is 25.0 Å². The average molecular weight is 381 g/mol. The van der Waals surface area contributed by atoms with Crippen molar-refractivity contribution in [3.05, 3.63) is 54.2 Å². The number of aryl methyl sites for hydroxylation is 1. The van der Waals surface area contributed by atoms with Crippen LogP contribution in [0, 0.1) is 6.92 Å². The molecule has 2 aromatic heterocycles. The first-order valence-corrected chi connectivity index (χ1v) is 9.36. The maximum atomic E-state index is 12.6. The molecule has 8 nitrogen and oxygen atoms in total. The third-order valence-electron chi connectivity index (χ3n) is 4.69. The van der Waals surface area contributed by atoms with Gasteiger partial charge in [-0.3, -0.25) is 9.69 Å². The normalized spacial score (nSPS) is 14.9. The molecule has 0 bridgehead atoms. The van der Waals surface area contributed by atoms with Gasteiger partial charge in [0.2, 0.25) is 5.82 Å². The van der Waals surface area contributed by atoms with Crippen molar-refractivity contribution in [1.29, 1.82) is 0 Å². The third-order valence-corrected chi connectivity index (χ3v) is 4.69. The van der Waals surface area contributed by atoms with Crippen LogP contribution in [0.5, 0.6) is 0 Å². The second kappa shape index (κ2) is 8.37. The van der Waals surface area contributed by atoms with Crippen LogP contribution in [0.3, 0.4) is 0 Å². The number of benzene rings is 1. The number of furan rings is 1. The number of ether oxygens (including phenoxy) is 1. The van der Waals surface area contributed by atoms with E-state index in [1.54, 1.807) is 23.3 Å². The lowest BCUT2D eigenvalue weighted by molar-refractivity contribution is 0.0383. The molecule has 1 aliphatic rings. The molecule has 4 rings (SSSR count). The summed E-state index contributed by atoms with van der Waals surface area (Å²) in [4.78, 5) is 19.3. The van der Waals surface area contributed by atoms with Gasteiger partial charge in [0.15, 0.2) is 5.82 Å². The van der Waals surface area contributed by atoms with E-state index in [1.165, 1.54) is 0 Å². The minimum atomic E-state index is -0.288. The molecule has 8 heteroatoms. The predicted octanol–water partition coefficient (Wildman–Crippen LogP) is 1.90. The van der Waals surface area contributed by atoms with E-state index < -0.39 is 0 Å². The third kappa shape index (κ3) is 4.13. The van der Waals surface area contributed by atoms with Gasteiger partial charge in [0, 0.05) is 26.2 Å². The molecular formula is C20H23N5O3. The van der Waals surface area contributed by atoms with Gasteiger partial charge in [-0.15, -0.1) is 5.10 Å². The average Bonchev–Trinajstić information content (AvgIpc) is 3.39. The van der Waals surface area contributed by atoms with E-state index in [1.807, 2.05) is 31.2 Å². The second-order valence-electron chi connectivity index (χ2n) is 6.73. The fourth-order valence-electron chi connectivity index (χ4n) is 3.08. The molecule has 0 saturated carbocycles. The topological polar surface area (TPSA) is 85.4 Å². The first kappa shape index (κ1) is 18.4. The zero-order valence-electron chi connectivity index (χ0n) is 15.8. The molecule has 3 aromatic rings. The summed E-state index contributed by atoms with van der Waals surface area (Å²) in [5, 5.41) is 7.36. The van der Waals surface area contributed by atoms with Gasteiger partial charge in [-0.25, -0.2) is 9.67 Å². The first-order chi connectivity index (χ1) is 13.7. The minimum Gasteiger partial charge on any atom is -0.472 e. The zero-order chi connectivity index (χ0) is 19.3. The summed E-state index contributed by atoms with van der Waals surface area (Å²) in [5.41, 5.74) is 2.75. The SMILES string of the molecule is Cc1ccc(-n2nc(C(=O)NCCN3CCOCC3)nc2-c2ccoc2)cc1. The summed E-state index contributed by atoms with van der Waals surface area (Å²) in [5.74, 6) is 0.415. The number of hydrogen-bond acceptors (Lipinski definition) is 6. The molecule has 0 radical (unpaired) electrons. The Morgan fingerprint density at radius 3 is 2.68 bits per heavy atom. The van der Waals surface area contributed by atoms with E-state index in [4.69, 9.17) is 9.15 Å². The van der Waals surface area contributed by atoms with Crippen molar-refractivity contribution < 1.29 is 13.9 Å². The van der Waals surface area contributed by atoms with Gasteiger partial charge in [0.25, 0.3) is 5.91 Å². The van der Waals surface area contributed by atoms with E-state index in [9.17, 15) is 4.79 Å². The monoisotopic (exact) mass is 381 g/mol. The summed E-state index contributed by atoms with van der Waals surface area (Å²) in [6, 6.07) is 9.70. The summed E-state index contributed by atoms with van der Waals surface area (Å²) in [7, 11) is 0. The molecule has 1 N–H and O–H groups in total. The second-order valence-corrected chi connectivity index (χ2v) is 6.73. The van der Waals surface area contributed by atoms with Crippen LogP contribution in [-0.4, -0.2) is 65.0 Å². The van der Waals surface area contributed by atoms with Gasteiger partial charge in [0.1, 0.15) is 6.26 Å². The summed E-state index contributed by atoms with van der Waals surface area (Å²) in [6.07, 6.45) is 3.17. The highest BCUT2D eigenvalue weighted by Crippen LogP contribution is 2.22. The van der Waals surface area contributed by atoms with E-state index in [0.29, 0.717) is 12.4 Å². The van der Waals surface area contributed by atoms with Crippen LogP contribution >= 0.6 is 0 Å². The largest absolute Gasteiger partial charge is 0.472 e. The Kier molecular flexibility index (Phi) is 5.50. The molecule has 1 fully saturated rings. The molecule has 0 aliphatic carbocycles. The van der Waals surface area contributed by atoms with Crippen LogP contribution in [0.4, 0.5) is 0 Å². The number of carbonyl (C=O) groups is 1. The summed E-state index contributed by atoms with van der Waals surface area (Å²) >= 11 is 0. The van der Waals surface area contributed by atoms with Crippen molar-refractivity contribution in [2.24, 2.45) is 0 Å². The van der Waals surface area contributed by atoms with Crippen molar-refractivity contribution in [2.45, 2.75) is 6.92 Å². The van der Waals surface area contributed by atoms with Crippen LogP contribution in [0.2, 0.25) is 0 Å². The lowest BCUT2D eigenvalue weighted by atomic mass is 10.2. The van der Waals surface area contributed by atoms with Crippen LogP contribution in [0.15, 0.2) is 47.3 Å². The summed E-state index contributed by atoms with van der Waals surface area (Å²) in [6.45, 7) is 6.60. The lowest BCUT2D eigenvalue weighted by Gasteiger charge is -2.26. The Hall–Kier alpha value is -2.97. The standard InChI is InChI=1S/C20H23N5O3/c1-15-2-4-17(5-3-15)25-19(16-6-11-28-14-16)22-18(23-25)20(26)21-7-8-24-9-12-27-13-10-24/h2-6,11,14H,7-10,12-13H2,1H3,(H,21,26). The molecule has 3 heterocycles. The van der Waals surface area contributed by atoms with E-state index in [0.717, 1.165) is 49.7 Å². The van der Waals surface area contributed by atoms with E-state index in [-0.39, 0.29) is 11.7 Å². The molecule has 0 atom stereocenters. The number of rotatable bonds is 6. The number of nitrogens with zero attached hydrogens (tertiary/aromatic N) is 4. The van der Waals surface area contributed by atoms with Crippen LogP contribution < -0.4 is 5.32 Å². The van der Waals surface area contributed by atoms with Crippen LogP contribution in [0.25, 0.3) is 17.1 Å². The number of carbonyl (C=O) groups excluding carboxylic acids is 1. The molecule has 28 heavy (non-hydrogen) atoms. The Morgan fingerprint density at radius 1 is 1.18 bits per heavy atom. The Morgan fingerprint density at radius 2 is 1.96 bits per heavy atom. The van der Waals surface area contributed by atoms with Gasteiger partial charge in [0.05, 0.1) is 30.7 Å². The van der Waals surface area contributed by atoms with Gasteiger partial charge in [-0.2, -0.15) is 0 Å². The molecule has 0 unspecified atom stereocenters. The maximum Gasteiger partial charge on any atom is 0.291 e. The van der Waals surface area contributed by atoms with Crippen LogP contribution in [-0.2, 0) is 4.74 Å². The van der Waals surface area contributed by atoms with Gasteiger partial charge in [-0.1, -0.05) is 17.7 Å². The van der Waals surface area contributed by atoms with Gasteiger partial charge >= 0.3 is 0 Å². The number of amides is 1. The number of nitrogens with one attached hydrogen (secondary N) is 1. The number of hydrogen-bond donors (Lipinski definition) is 1. The van der Waals surface area contributed by atoms with Crippen LogP contribution in [0.1, 0.15) is 16.2 Å². The predicted molar refractivity (Wildman–Crippen MR) is 103 cm³/mol. The smallest absolute Gasteiger partial charge is 0.291 e. The molecule has 1 amide bonds. The lowest BCUT2D eigenvalue weighted by Crippen LogP contribution is -2.41. The van der Waals surface area contributed by atoms with Crippen molar-refractivity contribution >= 4 is 5.91 Å². The number of morpholine rings is 1. The minimum absolute atomic E-state index is 0.138. The highest BCUT2D eigenvalue weighted by atomic mass is 16.5. The zero-order valence-corrected chi connectivity index (χ0v) is 15.8. The van der Waals surface area contributed by atoms with Crippen molar-refractivity contribution in [3.8, 4) is 17.1 Å². The molecular weight excluding hydrogens is 358 g/mol. The maximum absolute atomic E-state index is 12.6. The Labute approximate surface area is 163 Å². The first-order valence-electron chi connectivity index (χ1n) is 9.36.